The maximum Gasteiger partial charge on any atom is 0.0256 e. The number of nitrogens with one attached hydrogen (secondary N) is 1. The Morgan fingerprint density at radius 2 is 1.43 bits per heavy atom. The fourth-order valence-electron chi connectivity index (χ4n) is 2.90. The molecule has 1 N–H and O–H groups in total. The first kappa shape index (κ1) is 22.3. The third kappa shape index (κ3) is 14.7. The zero-order valence-corrected chi connectivity index (χ0v) is 16.7. The summed E-state index contributed by atoms with van der Waals surface area (Å²) in [5.41, 5.74) is 0. The summed E-state index contributed by atoms with van der Waals surface area (Å²) in [6.45, 7) is 13.8. The van der Waals surface area contributed by atoms with E-state index in [9.17, 15) is 0 Å². The lowest BCUT2D eigenvalue weighted by molar-refractivity contribution is 0.363. The molecule has 0 aromatic carbocycles. The highest BCUT2D eigenvalue weighted by molar-refractivity contribution is 4.84. The second kappa shape index (κ2) is 16.2. The molecule has 0 heterocycles. The maximum absolute atomic E-state index is 3.69. The number of unbranched alkanes of at least 4 members (excludes halogenated alkanes) is 3. The van der Waals surface area contributed by atoms with E-state index in [0.29, 0.717) is 6.04 Å². The molecule has 0 fully saturated rings. The Morgan fingerprint density at radius 1 is 0.783 bits per heavy atom. The summed E-state index contributed by atoms with van der Waals surface area (Å²) < 4.78 is 0. The van der Waals surface area contributed by atoms with Crippen molar-refractivity contribution in [1.82, 2.24) is 10.2 Å². The Balaban J connectivity index is 4.18. The van der Waals surface area contributed by atoms with Gasteiger partial charge in [0.25, 0.3) is 0 Å². The first-order valence-electron chi connectivity index (χ1n) is 10.3. The SMILES string of the molecule is CCCC[C@@H](CCCCC(C)C)N/C=C\N(CCC)CCCC. The zero-order chi connectivity index (χ0) is 17.3. The number of rotatable bonds is 16. The Kier molecular flexibility index (Phi) is 15.7. The highest BCUT2D eigenvalue weighted by Crippen LogP contribution is 2.13. The van der Waals surface area contributed by atoms with E-state index in [0.717, 1.165) is 5.92 Å². The molecule has 0 rings (SSSR count). The molecule has 0 amide bonds. The zero-order valence-electron chi connectivity index (χ0n) is 16.7. The summed E-state index contributed by atoms with van der Waals surface area (Å²) in [5.74, 6) is 0.845. The number of nitrogens with zero attached hydrogens (tertiary/aromatic N) is 1. The van der Waals surface area contributed by atoms with Gasteiger partial charge in [-0.15, -0.1) is 0 Å². The fourth-order valence-corrected chi connectivity index (χ4v) is 2.90. The van der Waals surface area contributed by atoms with Crippen molar-refractivity contribution >= 4 is 0 Å². The monoisotopic (exact) mass is 324 g/mol. The molecule has 2 nitrogen and oxygen atoms in total. The van der Waals surface area contributed by atoms with Crippen molar-refractivity contribution < 1.29 is 0 Å². The maximum atomic E-state index is 3.69. The normalized spacial score (nSPS) is 13.0. The minimum atomic E-state index is 0.660. The van der Waals surface area contributed by atoms with Gasteiger partial charge in [0.2, 0.25) is 0 Å². The summed E-state index contributed by atoms with van der Waals surface area (Å²) in [6, 6.07) is 0.660. The van der Waals surface area contributed by atoms with E-state index >= 15 is 0 Å². The molecular weight excluding hydrogens is 280 g/mol. The predicted octanol–water partition coefficient (Wildman–Crippen LogP) is 6.33. The van der Waals surface area contributed by atoms with Crippen molar-refractivity contribution in [3.63, 3.8) is 0 Å². The van der Waals surface area contributed by atoms with Gasteiger partial charge < -0.3 is 10.2 Å². The molecule has 0 bridgehead atoms. The van der Waals surface area contributed by atoms with Gasteiger partial charge in [-0.25, -0.2) is 0 Å². The van der Waals surface area contributed by atoms with Crippen LogP contribution in [0.1, 0.15) is 98.8 Å². The molecule has 2 heteroatoms. The third-order valence-electron chi connectivity index (χ3n) is 4.42. The average Bonchev–Trinajstić information content (AvgIpc) is 2.53. The van der Waals surface area contributed by atoms with Crippen molar-refractivity contribution in [2.75, 3.05) is 13.1 Å². The Hall–Kier alpha value is -0.660. The first-order valence-corrected chi connectivity index (χ1v) is 10.3. The van der Waals surface area contributed by atoms with E-state index in [-0.39, 0.29) is 0 Å². The minimum absolute atomic E-state index is 0.660. The molecule has 23 heavy (non-hydrogen) atoms. The quantitative estimate of drug-likeness (QED) is 0.333. The van der Waals surface area contributed by atoms with E-state index in [1.54, 1.807) is 0 Å². The molecule has 0 saturated heterocycles. The van der Waals surface area contributed by atoms with Crippen LogP contribution in [0.5, 0.6) is 0 Å². The van der Waals surface area contributed by atoms with Crippen molar-refractivity contribution in [2.24, 2.45) is 5.92 Å². The molecule has 0 saturated carbocycles. The number of hydrogen-bond acceptors (Lipinski definition) is 2. The Labute approximate surface area is 147 Å². The lowest BCUT2D eigenvalue weighted by atomic mass is 10.00. The third-order valence-corrected chi connectivity index (χ3v) is 4.42. The molecule has 0 aromatic rings. The molecular formula is C21H44N2. The van der Waals surface area contributed by atoms with Crippen LogP contribution in [0.25, 0.3) is 0 Å². The molecule has 0 aromatic heterocycles. The average molecular weight is 325 g/mol. The van der Waals surface area contributed by atoms with Gasteiger partial charge in [0.1, 0.15) is 0 Å². The van der Waals surface area contributed by atoms with Crippen LogP contribution in [0.2, 0.25) is 0 Å². The van der Waals surface area contributed by atoms with Gasteiger partial charge in [-0.05, 0) is 31.6 Å². The van der Waals surface area contributed by atoms with Crippen LogP contribution in [0, 0.1) is 5.92 Å². The van der Waals surface area contributed by atoms with Gasteiger partial charge in [0.05, 0.1) is 0 Å². The van der Waals surface area contributed by atoms with Gasteiger partial charge in [-0.3, -0.25) is 0 Å². The second-order valence-corrected chi connectivity index (χ2v) is 7.39. The molecule has 0 unspecified atom stereocenters. The van der Waals surface area contributed by atoms with Gasteiger partial charge >= 0.3 is 0 Å². The molecule has 1 atom stereocenters. The number of hydrogen-bond donors (Lipinski definition) is 1. The van der Waals surface area contributed by atoms with Gasteiger partial charge in [0, 0.05) is 31.5 Å². The molecule has 0 radical (unpaired) electrons. The van der Waals surface area contributed by atoms with Gasteiger partial charge in [-0.2, -0.15) is 0 Å². The first-order chi connectivity index (χ1) is 11.1. The van der Waals surface area contributed by atoms with Crippen LogP contribution in [0.3, 0.4) is 0 Å². The Morgan fingerprint density at radius 3 is 2.04 bits per heavy atom. The lowest BCUT2D eigenvalue weighted by Crippen LogP contribution is -2.26. The van der Waals surface area contributed by atoms with E-state index in [1.165, 1.54) is 77.3 Å². The smallest absolute Gasteiger partial charge is 0.0256 e. The summed E-state index contributed by atoms with van der Waals surface area (Å²) in [7, 11) is 0. The molecule has 0 aliphatic rings. The van der Waals surface area contributed by atoms with Crippen LogP contribution in [-0.2, 0) is 0 Å². The van der Waals surface area contributed by atoms with Crippen molar-refractivity contribution in [3.8, 4) is 0 Å². The van der Waals surface area contributed by atoms with Gasteiger partial charge in [0.15, 0.2) is 0 Å². The van der Waals surface area contributed by atoms with Crippen LogP contribution >= 0.6 is 0 Å². The fraction of sp³-hybridized carbons (Fsp3) is 0.905. The topological polar surface area (TPSA) is 15.3 Å². The highest BCUT2D eigenvalue weighted by atomic mass is 15.1. The molecule has 0 spiro atoms. The van der Waals surface area contributed by atoms with Gasteiger partial charge in [-0.1, -0.05) is 73.1 Å². The van der Waals surface area contributed by atoms with E-state index in [1.807, 2.05) is 0 Å². The standard InChI is InChI=1S/C21H44N2/c1-6-9-14-21(15-12-11-13-20(4)5)22-16-19-23(17-8-3)18-10-7-2/h16,19-22H,6-15,17-18H2,1-5H3/b19-16-/t21-/m0/s1. The predicted molar refractivity (Wildman–Crippen MR) is 106 cm³/mol. The van der Waals surface area contributed by atoms with Crippen LogP contribution in [0.15, 0.2) is 12.4 Å². The molecule has 138 valence electrons. The van der Waals surface area contributed by atoms with Crippen molar-refractivity contribution in [3.05, 3.63) is 12.4 Å². The second-order valence-electron chi connectivity index (χ2n) is 7.39. The highest BCUT2D eigenvalue weighted by Gasteiger charge is 2.06. The van der Waals surface area contributed by atoms with Crippen LogP contribution in [0.4, 0.5) is 0 Å². The molecule has 0 aliphatic heterocycles. The van der Waals surface area contributed by atoms with E-state index in [2.05, 4.69) is 57.2 Å². The summed E-state index contributed by atoms with van der Waals surface area (Å²) in [5, 5.41) is 3.69. The van der Waals surface area contributed by atoms with Crippen molar-refractivity contribution in [2.45, 2.75) is 105 Å². The Bertz CT molecular complexity index is 261. The lowest BCUT2D eigenvalue weighted by Gasteiger charge is -2.21. The van der Waals surface area contributed by atoms with E-state index < -0.39 is 0 Å². The molecule has 0 aliphatic carbocycles. The van der Waals surface area contributed by atoms with E-state index in [4.69, 9.17) is 0 Å². The largest absolute Gasteiger partial charge is 0.387 e. The summed E-state index contributed by atoms with van der Waals surface area (Å²) in [6.07, 6.45) is 17.7. The van der Waals surface area contributed by atoms with Crippen LogP contribution in [-0.4, -0.2) is 24.0 Å². The summed E-state index contributed by atoms with van der Waals surface area (Å²) >= 11 is 0. The van der Waals surface area contributed by atoms with Crippen LogP contribution < -0.4 is 5.32 Å². The van der Waals surface area contributed by atoms with Crippen molar-refractivity contribution in [1.29, 1.82) is 0 Å². The minimum Gasteiger partial charge on any atom is -0.387 e. The summed E-state index contributed by atoms with van der Waals surface area (Å²) in [4.78, 5) is 2.46.